The number of carbonyl (C=O) groups excluding carboxylic acids is 1. The number of nitrogens with one attached hydrogen (secondary N) is 1. The van der Waals surface area contributed by atoms with Crippen molar-refractivity contribution >= 4 is 39.8 Å². The van der Waals surface area contributed by atoms with E-state index in [1.807, 2.05) is 48.5 Å². The van der Waals surface area contributed by atoms with E-state index in [4.69, 9.17) is 4.74 Å². The zero-order chi connectivity index (χ0) is 17.9. The number of rotatable bonds is 9. The van der Waals surface area contributed by atoms with Gasteiger partial charge in [-0.1, -0.05) is 52.9 Å². The van der Waals surface area contributed by atoms with E-state index in [-0.39, 0.29) is 5.91 Å². The molecule has 1 N–H and O–H groups in total. The first-order chi connectivity index (χ1) is 12.2. The highest BCUT2D eigenvalue weighted by molar-refractivity contribution is 9.10. The van der Waals surface area contributed by atoms with Gasteiger partial charge in [-0.25, -0.2) is 5.43 Å². The molecule has 130 valence electrons. The van der Waals surface area contributed by atoms with Crippen molar-refractivity contribution in [3.63, 3.8) is 0 Å². The Morgan fingerprint density at radius 1 is 1.28 bits per heavy atom. The maximum atomic E-state index is 11.8. The minimum Gasteiger partial charge on any atom is -0.490 e. The highest BCUT2D eigenvalue weighted by Gasteiger charge is 2.01. The average molecular weight is 419 g/mol. The summed E-state index contributed by atoms with van der Waals surface area (Å²) in [4.78, 5) is 11.8. The van der Waals surface area contributed by atoms with E-state index in [0.717, 1.165) is 21.5 Å². The second-order valence-corrected chi connectivity index (χ2v) is 6.99. The Hall–Kier alpha value is -2.05. The van der Waals surface area contributed by atoms with Crippen molar-refractivity contribution < 1.29 is 9.53 Å². The topological polar surface area (TPSA) is 50.7 Å². The third-order valence-electron chi connectivity index (χ3n) is 3.02. The maximum Gasteiger partial charge on any atom is 0.250 e. The van der Waals surface area contributed by atoms with Crippen LogP contribution in [0.1, 0.15) is 11.1 Å². The number of thioether (sulfide) groups is 1. The van der Waals surface area contributed by atoms with Crippen LogP contribution in [0.15, 0.2) is 70.8 Å². The van der Waals surface area contributed by atoms with Gasteiger partial charge < -0.3 is 4.74 Å². The molecule has 0 aliphatic heterocycles. The third-order valence-corrected chi connectivity index (χ3v) is 4.52. The zero-order valence-corrected chi connectivity index (χ0v) is 16.1. The quantitative estimate of drug-likeness (QED) is 0.373. The van der Waals surface area contributed by atoms with Crippen LogP contribution in [0.25, 0.3) is 0 Å². The molecule has 0 atom stereocenters. The van der Waals surface area contributed by atoms with Gasteiger partial charge in [0.1, 0.15) is 12.4 Å². The molecule has 0 aliphatic carbocycles. The zero-order valence-electron chi connectivity index (χ0n) is 13.7. The molecule has 0 fully saturated rings. The molecule has 1 amide bonds. The fourth-order valence-corrected chi connectivity index (χ4v) is 3.15. The molecule has 2 aromatic carbocycles. The van der Waals surface area contributed by atoms with E-state index in [1.165, 1.54) is 5.56 Å². The van der Waals surface area contributed by atoms with Crippen LogP contribution in [-0.2, 0) is 10.5 Å². The van der Waals surface area contributed by atoms with Crippen molar-refractivity contribution in [3.8, 4) is 5.75 Å². The summed E-state index contributed by atoms with van der Waals surface area (Å²) in [5.74, 6) is 1.74. The minimum absolute atomic E-state index is 0.129. The number of amides is 1. The lowest BCUT2D eigenvalue weighted by Gasteiger charge is -2.04. The lowest BCUT2D eigenvalue weighted by molar-refractivity contribution is -0.118. The van der Waals surface area contributed by atoms with Crippen LogP contribution < -0.4 is 10.2 Å². The van der Waals surface area contributed by atoms with Crippen LogP contribution in [-0.4, -0.2) is 24.5 Å². The standard InChI is InChI=1S/C19H19BrN2O2S/c1-2-9-24-18-8-4-5-15(11-18)12-21-22-19(23)14-25-13-16-6-3-7-17(20)10-16/h2-8,10-12H,1,9,13-14H2,(H,22,23)/b21-12+. The minimum atomic E-state index is -0.129. The van der Waals surface area contributed by atoms with Gasteiger partial charge >= 0.3 is 0 Å². The third kappa shape index (κ3) is 7.58. The summed E-state index contributed by atoms with van der Waals surface area (Å²) < 4.78 is 6.49. The summed E-state index contributed by atoms with van der Waals surface area (Å²) in [6.45, 7) is 4.06. The number of carbonyl (C=O) groups is 1. The van der Waals surface area contributed by atoms with Crippen molar-refractivity contribution in [3.05, 3.63) is 76.8 Å². The molecule has 2 aromatic rings. The number of hydrogen-bond donors (Lipinski definition) is 1. The van der Waals surface area contributed by atoms with Crippen molar-refractivity contribution in [1.82, 2.24) is 5.43 Å². The number of halogens is 1. The van der Waals surface area contributed by atoms with Gasteiger partial charge in [-0.05, 0) is 35.4 Å². The fraction of sp³-hybridized carbons (Fsp3) is 0.158. The summed E-state index contributed by atoms with van der Waals surface area (Å²) in [6, 6.07) is 15.5. The van der Waals surface area contributed by atoms with Gasteiger partial charge in [0.05, 0.1) is 12.0 Å². The van der Waals surface area contributed by atoms with Gasteiger partial charge in [-0.15, -0.1) is 11.8 Å². The predicted octanol–water partition coefficient (Wildman–Crippen LogP) is 4.40. The van der Waals surface area contributed by atoms with Gasteiger partial charge in [0, 0.05) is 10.2 Å². The van der Waals surface area contributed by atoms with E-state index in [9.17, 15) is 4.79 Å². The Morgan fingerprint density at radius 3 is 2.92 bits per heavy atom. The van der Waals surface area contributed by atoms with Crippen LogP contribution in [0.2, 0.25) is 0 Å². The molecule has 0 unspecified atom stereocenters. The molecule has 0 saturated carbocycles. The van der Waals surface area contributed by atoms with Gasteiger partial charge in [-0.2, -0.15) is 5.10 Å². The molecule has 25 heavy (non-hydrogen) atoms. The van der Waals surface area contributed by atoms with Crippen molar-refractivity contribution in [2.45, 2.75) is 5.75 Å². The Morgan fingerprint density at radius 2 is 2.12 bits per heavy atom. The van der Waals surface area contributed by atoms with E-state index in [2.05, 4.69) is 33.0 Å². The highest BCUT2D eigenvalue weighted by Crippen LogP contribution is 2.16. The lowest BCUT2D eigenvalue weighted by Crippen LogP contribution is -2.19. The Kier molecular flexibility index (Phi) is 8.28. The highest BCUT2D eigenvalue weighted by atomic mass is 79.9. The normalized spacial score (nSPS) is 10.6. The van der Waals surface area contributed by atoms with Gasteiger partial charge in [-0.3, -0.25) is 4.79 Å². The van der Waals surface area contributed by atoms with Crippen LogP contribution in [0, 0.1) is 0 Å². The van der Waals surface area contributed by atoms with Crippen molar-refractivity contribution in [2.24, 2.45) is 5.10 Å². The molecule has 2 rings (SSSR count). The average Bonchev–Trinajstić information content (AvgIpc) is 2.60. The summed E-state index contributed by atoms with van der Waals surface area (Å²) in [5, 5.41) is 3.98. The molecular weight excluding hydrogens is 400 g/mol. The van der Waals surface area contributed by atoms with Crippen LogP contribution in [0.5, 0.6) is 5.75 Å². The molecule has 0 heterocycles. The SMILES string of the molecule is C=CCOc1cccc(/C=N/NC(=O)CSCc2cccc(Br)c2)c1. The summed E-state index contributed by atoms with van der Waals surface area (Å²) >= 11 is 4.98. The molecule has 0 radical (unpaired) electrons. The molecule has 0 saturated heterocycles. The molecule has 6 heteroatoms. The number of ether oxygens (including phenoxy) is 1. The molecule has 0 spiro atoms. The monoisotopic (exact) mass is 418 g/mol. The molecule has 0 aromatic heterocycles. The Balaban J connectivity index is 1.73. The second-order valence-electron chi connectivity index (χ2n) is 5.09. The number of hydrazone groups is 1. The van der Waals surface area contributed by atoms with Gasteiger partial charge in [0.15, 0.2) is 0 Å². The Labute approximate surface area is 160 Å². The van der Waals surface area contributed by atoms with Crippen molar-refractivity contribution in [2.75, 3.05) is 12.4 Å². The van der Waals surface area contributed by atoms with E-state index < -0.39 is 0 Å². The molecular formula is C19H19BrN2O2S. The van der Waals surface area contributed by atoms with Crippen LogP contribution in [0.4, 0.5) is 0 Å². The van der Waals surface area contributed by atoms with Gasteiger partial charge in [0.25, 0.3) is 0 Å². The first kappa shape index (κ1) is 19.3. The second kappa shape index (κ2) is 10.7. The van der Waals surface area contributed by atoms with E-state index >= 15 is 0 Å². The first-order valence-corrected chi connectivity index (χ1v) is 9.60. The number of hydrogen-bond acceptors (Lipinski definition) is 4. The number of nitrogens with zero attached hydrogens (tertiary/aromatic N) is 1. The molecule has 0 bridgehead atoms. The van der Waals surface area contributed by atoms with Gasteiger partial charge in [0.2, 0.25) is 5.91 Å². The van der Waals surface area contributed by atoms with E-state index in [1.54, 1.807) is 24.1 Å². The van der Waals surface area contributed by atoms with Crippen LogP contribution in [0.3, 0.4) is 0 Å². The van der Waals surface area contributed by atoms with Crippen molar-refractivity contribution in [1.29, 1.82) is 0 Å². The fourth-order valence-electron chi connectivity index (χ4n) is 1.94. The summed E-state index contributed by atoms with van der Waals surface area (Å²) in [7, 11) is 0. The Bertz CT molecular complexity index is 750. The molecule has 0 aliphatic rings. The smallest absolute Gasteiger partial charge is 0.250 e. The largest absolute Gasteiger partial charge is 0.490 e. The lowest BCUT2D eigenvalue weighted by atomic mass is 10.2. The maximum absolute atomic E-state index is 11.8. The first-order valence-electron chi connectivity index (χ1n) is 7.65. The van der Waals surface area contributed by atoms with Crippen LogP contribution >= 0.6 is 27.7 Å². The molecule has 4 nitrogen and oxygen atoms in total. The van der Waals surface area contributed by atoms with E-state index in [0.29, 0.717) is 12.4 Å². The summed E-state index contributed by atoms with van der Waals surface area (Å²) in [5.41, 5.74) is 4.56. The predicted molar refractivity (Wildman–Crippen MR) is 108 cm³/mol. The number of benzene rings is 2. The summed E-state index contributed by atoms with van der Waals surface area (Å²) in [6.07, 6.45) is 3.28.